The van der Waals surface area contributed by atoms with Crippen molar-refractivity contribution < 1.29 is 9.53 Å². The number of hydrogen-bond donors (Lipinski definition) is 0. The summed E-state index contributed by atoms with van der Waals surface area (Å²) in [5.41, 5.74) is 2.89. The van der Waals surface area contributed by atoms with E-state index in [1.54, 1.807) is 25.1 Å². The van der Waals surface area contributed by atoms with E-state index in [0.717, 1.165) is 23.5 Å². The van der Waals surface area contributed by atoms with Crippen LogP contribution < -0.4 is 9.80 Å². The van der Waals surface area contributed by atoms with Crippen LogP contribution in [0.5, 0.6) is 0 Å². The van der Waals surface area contributed by atoms with Gasteiger partial charge in [0, 0.05) is 29.2 Å². The molecule has 2 aromatic carbocycles. The van der Waals surface area contributed by atoms with E-state index in [4.69, 9.17) is 27.9 Å². The molecule has 1 heterocycles. The van der Waals surface area contributed by atoms with Crippen LogP contribution in [0, 0.1) is 0 Å². The zero-order valence-corrected chi connectivity index (χ0v) is 16.7. The number of para-hydroxylation sites is 2. The second-order valence-electron chi connectivity index (χ2n) is 7.09. The highest BCUT2D eigenvalue weighted by atomic mass is 35.5. The van der Waals surface area contributed by atoms with Gasteiger partial charge in [0.2, 0.25) is 0 Å². The van der Waals surface area contributed by atoms with Gasteiger partial charge in [-0.3, -0.25) is 4.79 Å². The molecule has 0 bridgehead atoms. The molecule has 2 aromatic rings. The molecule has 2 aliphatic rings. The van der Waals surface area contributed by atoms with Crippen LogP contribution in [0.4, 0.5) is 11.4 Å². The molecule has 27 heavy (non-hydrogen) atoms. The molecular weight excluding hydrogens is 383 g/mol. The molecule has 0 radical (unpaired) electrons. The molecule has 6 heteroatoms. The Balaban J connectivity index is 1.47. The normalized spacial score (nSPS) is 17.6. The van der Waals surface area contributed by atoms with E-state index in [2.05, 4.69) is 11.0 Å². The zero-order chi connectivity index (χ0) is 19.0. The second kappa shape index (κ2) is 7.70. The molecule has 0 aromatic heterocycles. The minimum atomic E-state index is -0.569. The summed E-state index contributed by atoms with van der Waals surface area (Å²) in [4.78, 5) is 17.3. The number of hydrogen-bond acceptors (Lipinski definition) is 3. The van der Waals surface area contributed by atoms with E-state index in [-0.39, 0.29) is 12.5 Å². The van der Waals surface area contributed by atoms with Gasteiger partial charge in [0.25, 0.3) is 5.91 Å². The molecule has 4 nitrogen and oxygen atoms in total. The Kier molecular flexibility index (Phi) is 5.31. The van der Waals surface area contributed by atoms with Crippen molar-refractivity contribution in [3.05, 3.63) is 58.1 Å². The first kappa shape index (κ1) is 18.6. The number of nitrogens with zero attached hydrogens (tertiary/aromatic N) is 2. The molecule has 0 N–H and O–H groups in total. The number of carbonyl (C=O) groups excluding carboxylic acids is 1. The van der Waals surface area contributed by atoms with Crippen molar-refractivity contribution in [1.29, 1.82) is 0 Å². The van der Waals surface area contributed by atoms with E-state index in [1.165, 1.54) is 12.8 Å². The number of halogens is 2. The molecule has 4 rings (SSSR count). The van der Waals surface area contributed by atoms with Gasteiger partial charge in [-0.25, -0.2) is 0 Å². The highest BCUT2D eigenvalue weighted by Gasteiger charge is 2.36. The van der Waals surface area contributed by atoms with E-state index in [9.17, 15) is 4.79 Å². The molecule has 142 valence electrons. The van der Waals surface area contributed by atoms with Crippen molar-refractivity contribution in [3.8, 4) is 0 Å². The van der Waals surface area contributed by atoms with E-state index >= 15 is 0 Å². The number of anilines is 2. The van der Waals surface area contributed by atoms with Crippen LogP contribution in [0.3, 0.4) is 0 Å². The first-order valence-electron chi connectivity index (χ1n) is 9.27. The minimum Gasteiger partial charge on any atom is -0.365 e. The summed E-state index contributed by atoms with van der Waals surface area (Å²) in [6.45, 7) is 3.57. The van der Waals surface area contributed by atoms with Crippen LogP contribution in [0.2, 0.25) is 10.0 Å². The summed E-state index contributed by atoms with van der Waals surface area (Å²) in [6.07, 6.45) is 1.91. The number of amides is 1. The Morgan fingerprint density at radius 3 is 2.63 bits per heavy atom. The minimum absolute atomic E-state index is 0.0314. The maximum Gasteiger partial charge on any atom is 0.255 e. The summed E-state index contributed by atoms with van der Waals surface area (Å²) in [6, 6.07) is 14.0. The van der Waals surface area contributed by atoms with Crippen LogP contribution in [-0.2, 0) is 16.1 Å². The summed E-state index contributed by atoms with van der Waals surface area (Å²) < 4.78 is 5.83. The van der Waals surface area contributed by atoms with Crippen molar-refractivity contribution >= 4 is 40.5 Å². The summed E-state index contributed by atoms with van der Waals surface area (Å²) in [7, 11) is 0. The molecule has 1 atom stereocenters. The van der Waals surface area contributed by atoms with Crippen molar-refractivity contribution in [1.82, 2.24) is 0 Å². The maximum absolute atomic E-state index is 13.0. The number of ether oxygens (including phenoxy) is 1. The van der Waals surface area contributed by atoms with E-state index in [1.807, 2.05) is 23.1 Å². The highest BCUT2D eigenvalue weighted by Crippen LogP contribution is 2.40. The molecule has 1 aliphatic heterocycles. The number of rotatable bonds is 5. The predicted molar refractivity (Wildman–Crippen MR) is 110 cm³/mol. The molecule has 0 saturated heterocycles. The molecule has 1 saturated carbocycles. The van der Waals surface area contributed by atoms with Gasteiger partial charge in [-0.15, -0.1) is 0 Å². The first-order chi connectivity index (χ1) is 13.0. The smallest absolute Gasteiger partial charge is 0.255 e. The van der Waals surface area contributed by atoms with E-state index in [0.29, 0.717) is 22.6 Å². The van der Waals surface area contributed by atoms with Crippen LogP contribution >= 0.6 is 23.2 Å². The first-order valence-corrected chi connectivity index (χ1v) is 10.0. The van der Waals surface area contributed by atoms with Gasteiger partial charge in [0.1, 0.15) is 6.10 Å². The fraction of sp³-hybridized carbons (Fsp3) is 0.381. The van der Waals surface area contributed by atoms with Gasteiger partial charge < -0.3 is 14.5 Å². The second-order valence-corrected chi connectivity index (χ2v) is 7.94. The van der Waals surface area contributed by atoms with Gasteiger partial charge >= 0.3 is 0 Å². The summed E-state index contributed by atoms with van der Waals surface area (Å²) in [5, 5.41) is 1.18. The lowest BCUT2D eigenvalue weighted by molar-refractivity contribution is -0.129. The van der Waals surface area contributed by atoms with Crippen molar-refractivity contribution in [3.63, 3.8) is 0 Å². The van der Waals surface area contributed by atoms with Crippen LogP contribution in [-0.4, -0.2) is 31.1 Å². The van der Waals surface area contributed by atoms with Crippen LogP contribution in [0.15, 0.2) is 42.5 Å². The lowest BCUT2D eigenvalue weighted by atomic mass is 10.1. The Morgan fingerprint density at radius 2 is 1.89 bits per heavy atom. The average Bonchev–Trinajstić information content (AvgIpc) is 3.52. The standard InChI is InChI=1S/C21H22Cl2N2O2/c1-14(27-13-15-12-16(22)6-9-18(15)23)21(26)25-11-10-24(17-7-8-17)19-4-2-3-5-20(19)25/h2-6,9,12,14,17H,7-8,10-11,13H2,1H3/t14-/m1/s1. The Hall–Kier alpha value is -1.75. The van der Waals surface area contributed by atoms with Gasteiger partial charge in [0.15, 0.2) is 0 Å². The molecule has 1 aliphatic carbocycles. The fourth-order valence-corrected chi connectivity index (χ4v) is 3.90. The Bertz CT molecular complexity index is 854. The van der Waals surface area contributed by atoms with E-state index < -0.39 is 6.10 Å². The molecular formula is C21H22Cl2N2O2. The Morgan fingerprint density at radius 1 is 1.15 bits per heavy atom. The SMILES string of the molecule is C[C@@H](OCc1cc(Cl)ccc1Cl)C(=O)N1CCN(C2CC2)c2ccccc21. The van der Waals surface area contributed by atoms with Gasteiger partial charge in [0.05, 0.1) is 18.0 Å². The lowest BCUT2D eigenvalue weighted by Gasteiger charge is -2.38. The maximum atomic E-state index is 13.0. The zero-order valence-electron chi connectivity index (χ0n) is 15.2. The average molecular weight is 405 g/mol. The molecule has 1 amide bonds. The van der Waals surface area contributed by atoms with Crippen LogP contribution in [0.1, 0.15) is 25.3 Å². The van der Waals surface area contributed by atoms with Gasteiger partial charge in [-0.1, -0.05) is 35.3 Å². The predicted octanol–water partition coefficient (Wildman–Crippen LogP) is 4.91. The molecule has 0 spiro atoms. The lowest BCUT2D eigenvalue weighted by Crippen LogP contribution is -2.48. The largest absolute Gasteiger partial charge is 0.365 e. The third-order valence-corrected chi connectivity index (χ3v) is 5.75. The number of carbonyl (C=O) groups is 1. The topological polar surface area (TPSA) is 32.8 Å². The van der Waals surface area contributed by atoms with Crippen molar-refractivity contribution in [2.24, 2.45) is 0 Å². The highest BCUT2D eigenvalue weighted by molar-refractivity contribution is 6.33. The van der Waals surface area contributed by atoms with Gasteiger partial charge in [-0.05, 0) is 55.7 Å². The third kappa shape index (κ3) is 3.93. The number of benzene rings is 2. The van der Waals surface area contributed by atoms with Gasteiger partial charge in [-0.2, -0.15) is 0 Å². The summed E-state index contributed by atoms with van der Waals surface area (Å²) in [5.74, 6) is -0.0314. The quantitative estimate of drug-likeness (QED) is 0.709. The van der Waals surface area contributed by atoms with Crippen molar-refractivity contribution in [2.75, 3.05) is 22.9 Å². The number of fused-ring (bicyclic) bond motifs is 1. The van der Waals surface area contributed by atoms with Crippen molar-refractivity contribution in [2.45, 2.75) is 38.5 Å². The third-order valence-electron chi connectivity index (χ3n) is 5.14. The summed E-state index contributed by atoms with van der Waals surface area (Å²) >= 11 is 12.2. The molecule has 1 fully saturated rings. The fourth-order valence-electron chi connectivity index (χ4n) is 3.54. The van der Waals surface area contributed by atoms with Crippen LogP contribution in [0.25, 0.3) is 0 Å². The Labute approximate surface area is 169 Å². The molecule has 0 unspecified atom stereocenters. The monoisotopic (exact) mass is 404 g/mol.